The second kappa shape index (κ2) is 9.39. The van der Waals surface area contributed by atoms with Crippen LogP contribution in [0.3, 0.4) is 0 Å². The third kappa shape index (κ3) is 5.14. The quantitative estimate of drug-likeness (QED) is 0.436. The lowest BCUT2D eigenvalue weighted by atomic mass is 10.2. The summed E-state index contributed by atoms with van der Waals surface area (Å²) in [4.78, 5) is 26.1. The van der Waals surface area contributed by atoms with Crippen molar-refractivity contribution in [3.63, 3.8) is 0 Å². The Labute approximate surface area is 174 Å². The molecular formula is C21H24N4O3S. The van der Waals surface area contributed by atoms with Crippen LogP contribution >= 0.6 is 11.8 Å². The standard InChI is InChI=1S/C21H24N4O3S/c1-24(13-16-5-4-10-28-16)20(26)15-29-21-17-6-2-3-7-18(17)22-19(23-21)14-25-8-11-27-12-9-25/h2-7,10H,8-9,11-15H2,1H3. The number of rotatable bonds is 7. The van der Waals surface area contributed by atoms with Gasteiger partial charge in [-0.15, -0.1) is 0 Å². The first-order chi connectivity index (χ1) is 14.2. The number of carbonyl (C=O) groups is 1. The second-order valence-corrected chi connectivity index (χ2v) is 7.93. The number of para-hydroxylation sites is 1. The van der Waals surface area contributed by atoms with Crippen molar-refractivity contribution < 1.29 is 13.9 Å². The monoisotopic (exact) mass is 412 g/mol. The molecule has 8 heteroatoms. The highest BCUT2D eigenvalue weighted by Crippen LogP contribution is 2.26. The van der Waals surface area contributed by atoms with Gasteiger partial charge in [-0.3, -0.25) is 9.69 Å². The van der Waals surface area contributed by atoms with E-state index in [9.17, 15) is 4.79 Å². The molecule has 1 aromatic carbocycles. The topological polar surface area (TPSA) is 71.7 Å². The van der Waals surface area contributed by atoms with Gasteiger partial charge in [-0.05, 0) is 18.2 Å². The number of hydrogen-bond acceptors (Lipinski definition) is 7. The van der Waals surface area contributed by atoms with Gasteiger partial charge >= 0.3 is 0 Å². The smallest absolute Gasteiger partial charge is 0.233 e. The number of ether oxygens (including phenoxy) is 1. The van der Waals surface area contributed by atoms with Gasteiger partial charge in [0.05, 0.1) is 43.8 Å². The van der Waals surface area contributed by atoms with Crippen LogP contribution in [0.1, 0.15) is 11.6 Å². The minimum absolute atomic E-state index is 0.0313. The first kappa shape index (κ1) is 19.9. The van der Waals surface area contributed by atoms with E-state index in [-0.39, 0.29) is 5.91 Å². The molecule has 1 saturated heterocycles. The fourth-order valence-electron chi connectivity index (χ4n) is 3.20. The first-order valence-electron chi connectivity index (χ1n) is 9.64. The van der Waals surface area contributed by atoms with Crippen molar-refractivity contribution in [2.45, 2.75) is 18.1 Å². The summed E-state index contributed by atoms with van der Waals surface area (Å²) in [5.41, 5.74) is 0.907. The van der Waals surface area contributed by atoms with Gasteiger partial charge in [0.2, 0.25) is 5.91 Å². The molecule has 1 fully saturated rings. The molecule has 152 valence electrons. The van der Waals surface area contributed by atoms with Gasteiger partial charge in [-0.1, -0.05) is 30.0 Å². The zero-order chi connectivity index (χ0) is 20.1. The van der Waals surface area contributed by atoms with E-state index in [0.717, 1.165) is 53.8 Å². The molecule has 0 atom stereocenters. The molecule has 4 rings (SSSR count). The van der Waals surface area contributed by atoms with E-state index in [0.29, 0.717) is 18.8 Å². The van der Waals surface area contributed by atoms with E-state index < -0.39 is 0 Å². The molecular weight excluding hydrogens is 388 g/mol. The van der Waals surface area contributed by atoms with E-state index in [1.165, 1.54) is 11.8 Å². The van der Waals surface area contributed by atoms with Gasteiger partial charge in [0.15, 0.2) is 0 Å². The Morgan fingerprint density at radius 3 is 2.79 bits per heavy atom. The highest BCUT2D eigenvalue weighted by atomic mass is 32.2. The number of aromatic nitrogens is 2. The van der Waals surface area contributed by atoms with E-state index in [1.54, 1.807) is 18.2 Å². The van der Waals surface area contributed by atoms with Crippen molar-refractivity contribution in [2.24, 2.45) is 0 Å². The summed E-state index contributed by atoms with van der Waals surface area (Å²) in [5.74, 6) is 1.90. The number of amides is 1. The van der Waals surface area contributed by atoms with Gasteiger partial charge < -0.3 is 14.1 Å². The molecule has 3 aromatic rings. The van der Waals surface area contributed by atoms with E-state index in [4.69, 9.17) is 19.1 Å². The number of carbonyl (C=O) groups excluding carboxylic acids is 1. The van der Waals surface area contributed by atoms with Crippen molar-refractivity contribution in [3.05, 3.63) is 54.2 Å². The van der Waals surface area contributed by atoms with E-state index >= 15 is 0 Å². The van der Waals surface area contributed by atoms with Crippen LogP contribution in [0.5, 0.6) is 0 Å². The Morgan fingerprint density at radius 1 is 1.17 bits per heavy atom. The number of morpholine rings is 1. The Balaban J connectivity index is 1.47. The number of thioether (sulfide) groups is 1. The predicted molar refractivity (Wildman–Crippen MR) is 112 cm³/mol. The number of furan rings is 1. The highest BCUT2D eigenvalue weighted by molar-refractivity contribution is 8.00. The SMILES string of the molecule is CN(Cc1ccco1)C(=O)CSc1nc(CN2CCOCC2)nc2ccccc12. The molecule has 7 nitrogen and oxygen atoms in total. The van der Waals surface area contributed by atoms with Gasteiger partial charge in [-0.25, -0.2) is 9.97 Å². The maximum atomic E-state index is 12.6. The van der Waals surface area contributed by atoms with Crippen LogP contribution in [0.15, 0.2) is 52.1 Å². The highest BCUT2D eigenvalue weighted by Gasteiger charge is 2.16. The van der Waals surface area contributed by atoms with Crippen molar-refractivity contribution in [2.75, 3.05) is 39.1 Å². The molecule has 0 aliphatic carbocycles. The Kier molecular flexibility index (Phi) is 6.43. The molecule has 0 unspecified atom stereocenters. The molecule has 1 aliphatic rings. The normalized spacial score (nSPS) is 14.9. The number of nitrogens with zero attached hydrogens (tertiary/aromatic N) is 4. The summed E-state index contributed by atoms with van der Waals surface area (Å²) >= 11 is 1.46. The number of hydrogen-bond donors (Lipinski definition) is 0. The zero-order valence-electron chi connectivity index (χ0n) is 16.4. The predicted octanol–water partition coefficient (Wildman–Crippen LogP) is 2.81. The lowest BCUT2D eigenvalue weighted by molar-refractivity contribution is -0.127. The Bertz CT molecular complexity index is 958. The van der Waals surface area contributed by atoms with Gasteiger partial charge in [0.1, 0.15) is 16.6 Å². The molecule has 0 N–H and O–H groups in total. The van der Waals surface area contributed by atoms with Gasteiger partial charge in [-0.2, -0.15) is 0 Å². The lowest BCUT2D eigenvalue weighted by Crippen LogP contribution is -2.36. The van der Waals surface area contributed by atoms with Crippen molar-refractivity contribution in [1.29, 1.82) is 0 Å². The van der Waals surface area contributed by atoms with Crippen LogP contribution < -0.4 is 0 Å². The van der Waals surface area contributed by atoms with Crippen LogP contribution in [-0.4, -0.2) is 64.8 Å². The number of benzene rings is 1. The molecule has 1 amide bonds. The maximum Gasteiger partial charge on any atom is 0.233 e. The minimum atomic E-state index is 0.0313. The minimum Gasteiger partial charge on any atom is -0.467 e. The fraction of sp³-hybridized carbons (Fsp3) is 0.381. The molecule has 1 aliphatic heterocycles. The average Bonchev–Trinajstić information content (AvgIpc) is 3.25. The molecule has 0 spiro atoms. The largest absolute Gasteiger partial charge is 0.467 e. The van der Waals surface area contributed by atoms with Gasteiger partial charge in [0, 0.05) is 25.5 Å². The van der Waals surface area contributed by atoms with Crippen molar-refractivity contribution in [3.8, 4) is 0 Å². The molecule has 2 aromatic heterocycles. The average molecular weight is 413 g/mol. The van der Waals surface area contributed by atoms with Crippen LogP contribution in [0.25, 0.3) is 10.9 Å². The molecule has 0 saturated carbocycles. The molecule has 29 heavy (non-hydrogen) atoms. The van der Waals surface area contributed by atoms with Crippen LogP contribution in [0.2, 0.25) is 0 Å². The summed E-state index contributed by atoms with van der Waals surface area (Å²) < 4.78 is 10.7. The second-order valence-electron chi connectivity index (χ2n) is 6.97. The van der Waals surface area contributed by atoms with Crippen LogP contribution in [0.4, 0.5) is 0 Å². The van der Waals surface area contributed by atoms with Crippen LogP contribution in [0, 0.1) is 0 Å². The summed E-state index contributed by atoms with van der Waals surface area (Å²) in [6.45, 7) is 4.40. The fourth-order valence-corrected chi connectivity index (χ4v) is 4.18. The van der Waals surface area contributed by atoms with E-state index in [2.05, 4.69) is 4.90 Å². The maximum absolute atomic E-state index is 12.6. The third-order valence-corrected chi connectivity index (χ3v) is 5.79. The summed E-state index contributed by atoms with van der Waals surface area (Å²) in [6.07, 6.45) is 1.62. The van der Waals surface area contributed by atoms with Crippen molar-refractivity contribution in [1.82, 2.24) is 19.8 Å². The third-order valence-electron chi connectivity index (χ3n) is 4.81. The van der Waals surface area contributed by atoms with Gasteiger partial charge in [0.25, 0.3) is 0 Å². The summed E-state index contributed by atoms with van der Waals surface area (Å²) in [7, 11) is 1.79. The van der Waals surface area contributed by atoms with E-state index in [1.807, 2.05) is 36.4 Å². The van der Waals surface area contributed by atoms with Crippen LogP contribution in [-0.2, 0) is 22.6 Å². The Morgan fingerprint density at radius 2 is 2.00 bits per heavy atom. The Hall–Kier alpha value is -2.42. The summed E-state index contributed by atoms with van der Waals surface area (Å²) in [6, 6.07) is 11.6. The molecule has 3 heterocycles. The lowest BCUT2D eigenvalue weighted by Gasteiger charge is -2.26. The molecule has 0 radical (unpaired) electrons. The summed E-state index contributed by atoms with van der Waals surface area (Å²) in [5, 5.41) is 1.82. The van der Waals surface area contributed by atoms with Crippen molar-refractivity contribution >= 4 is 28.6 Å². The molecule has 0 bridgehead atoms. The number of fused-ring (bicyclic) bond motifs is 1. The first-order valence-corrected chi connectivity index (χ1v) is 10.6. The zero-order valence-corrected chi connectivity index (χ0v) is 17.2.